The Morgan fingerprint density at radius 1 is 1.09 bits per heavy atom. The summed E-state index contributed by atoms with van der Waals surface area (Å²) in [5, 5.41) is 21.4. The molecule has 1 saturated carbocycles. The third kappa shape index (κ3) is 7.28. The molecular weight excluding hydrogens is 278 g/mol. The second kappa shape index (κ2) is 11.5. The molecule has 0 aromatic carbocycles. The summed E-state index contributed by atoms with van der Waals surface area (Å²) < 4.78 is 0. The first-order chi connectivity index (χ1) is 10.7. The van der Waals surface area contributed by atoms with Crippen LogP contribution in [-0.2, 0) is 4.79 Å². The summed E-state index contributed by atoms with van der Waals surface area (Å²) in [6.07, 6.45) is 14.0. The Kier molecular flexibility index (Phi) is 9.93. The average molecular weight is 311 g/mol. The molecule has 1 aliphatic rings. The van der Waals surface area contributed by atoms with Crippen molar-refractivity contribution in [1.29, 1.82) is 0 Å². The zero-order valence-corrected chi connectivity index (χ0v) is 14.1. The predicted octanol–water partition coefficient (Wildman–Crippen LogP) is 5.24. The van der Waals surface area contributed by atoms with E-state index in [2.05, 4.69) is 12.1 Å². The van der Waals surface area contributed by atoms with Crippen LogP contribution in [0.4, 0.5) is 0 Å². The standard InChI is InChI=1S/C18H33NO3/c1-2-3-4-7-10-15-13-14-17(19-22)16(15)11-8-5-6-9-12-18(20)21/h15-16,22H,2-14H2,1H3,(H,20,21). The maximum atomic E-state index is 10.5. The monoisotopic (exact) mass is 311 g/mol. The Bertz CT molecular complexity index is 341. The van der Waals surface area contributed by atoms with Gasteiger partial charge in [-0.3, -0.25) is 4.79 Å². The number of rotatable bonds is 12. The molecular formula is C18H33NO3. The fourth-order valence-electron chi connectivity index (χ4n) is 3.69. The normalized spacial score (nSPS) is 23.2. The van der Waals surface area contributed by atoms with Crippen LogP contribution >= 0.6 is 0 Å². The molecule has 0 saturated heterocycles. The van der Waals surface area contributed by atoms with Gasteiger partial charge in [0.25, 0.3) is 0 Å². The summed E-state index contributed by atoms with van der Waals surface area (Å²) in [7, 11) is 0. The van der Waals surface area contributed by atoms with Crippen molar-refractivity contribution in [2.75, 3.05) is 0 Å². The fourth-order valence-corrected chi connectivity index (χ4v) is 3.69. The van der Waals surface area contributed by atoms with Crippen LogP contribution in [0.25, 0.3) is 0 Å². The Morgan fingerprint density at radius 3 is 2.45 bits per heavy atom. The van der Waals surface area contributed by atoms with Crippen LogP contribution in [0.15, 0.2) is 5.16 Å². The zero-order chi connectivity index (χ0) is 16.2. The van der Waals surface area contributed by atoms with Crippen LogP contribution in [0, 0.1) is 11.8 Å². The number of aliphatic carboxylic acids is 1. The maximum Gasteiger partial charge on any atom is 0.303 e. The van der Waals surface area contributed by atoms with Crippen LogP contribution in [0.2, 0.25) is 0 Å². The van der Waals surface area contributed by atoms with E-state index in [1.165, 1.54) is 38.5 Å². The van der Waals surface area contributed by atoms with E-state index in [-0.39, 0.29) is 6.42 Å². The van der Waals surface area contributed by atoms with Gasteiger partial charge < -0.3 is 10.3 Å². The minimum Gasteiger partial charge on any atom is -0.481 e. The molecule has 1 rings (SSSR count). The predicted molar refractivity (Wildman–Crippen MR) is 89.5 cm³/mol. The van der Waals surface area contributed by atoms with Gasteiger partial charge in [-0.2, -0.15) is 0 Å². The van der Waals surface area contributed by atoms with Crippen LogP contribution in [0.5, 0.6) is 0 Å². The molecule has 128 valence electrons. The SMILES string of the molecule is CCCCCCC1CCC(=NO)C1CCCCCCC(=O)O. The minimum atomic E-state index is -0.697. The first kappa shape index (κ1) is 19.0. The highest BCUT2D eigenvalue weighted by Crippen LogP contribution is 2.37. The van der Waals surface area contributed by atoms with E-state index in [0.29, 0.717) is 11.8 Å². The van der Waals surface area contributed by atoms with Gasteiger partial charge >= 0.3 is 5.97 Å². The van der Waals surface area contributed by atoms with Crippen molar-refractivity contribution in [3.8, 4) is 0 Å². The van der Waals surface area contributed by atoms with E-state index >= 15 is 0 Å². The summed E-state index contributed by atoms with van der Waals surface area (Å²) >= 11 is 0. The Balaban J connectivity index is 2.24. The summed E-state index contributed by atoms with van der Waals surface area (Å²) in [6.45, 7) is 2.24. The number of carboxylic acid groups (broad SMARTS) is 1. The maximum absolute atomic E-state index is 10.5. The third-order valence-corrected chi connectivity index (χ3v) is 4.98. The Hall–Kier alpha value is -1.06. The van der Waals surface area contributed by atoms with Crippen LogP contribution in [0.1, 0.15) is 90.4 Å². The van der Waals surface area contributed by atoms with Crippen molar-refractivity contribution >= 4 is 11.7 Å². The molecule has 0 radical (unpaired) electrons. The van der Waals surface area contributed by atoms with Gasteiger partial charge in [0, 0.05) is 12.3 Å². The summed E-state index contributed by atoms with van der Waals surface area (Å²) in [4.78, 5) is 10.5. The number of unbranched alkanes of at least 4 members (excludes halogenated alkanes) is 6. The first-order valence-electron chi connectivity index (χ1n) is 9.11. The number of nitrogens with zero attached hydrogens (tertiary/aromatic N) is 1. The zero-order valence-electron chi connectivity index (χ0n) is 14.1. The molecule has 0 heterocycles. The molecule has 0 amide bonds. The van der Waals surface area contributed by atoms with Gasteiger partial charge in [0.05, 0.1) is 5.71 Å². The van der Waals surface area contributed by atoms with Crippen molar-refractivity contribution in [2.45, 2.75) is 90.4 Å². The van der Waals surface area contributed by atoms with Gasteiger partial charge in [-0.05, 0) is 38.0 Å². The molecule has 0 bridgehead atoms. The van der Waals surface area contributed by atoms with E-state index in [1.54, 1.807) is 0 Å². The first-order valence-corrected chi connectivity index (χ1v) is 9.11. The quantitative estimate of drug-likeness (QED) is 0.294. The van der Waals surface area contributed by atoms with Gasteiger partial charge in [0.15, 0.2) is 0 Å². The lowest BCUT2D eigenvalue weighted by atomic mass is 9.86. The second-order valence-electron chi connectivity index (χ2n) is 6.69. The molecule has 0 spiro atoms. The highest BCUT2D eigenvalue weighted by atomic mass is 16.4. The van der Waals surface area contributed by atoms with Crippen molar-refractivity contribution < 1.29 is 15.1 Å². The molecule has 22 heavy (non-hydrogen) atoms. The molecule has 1 fully saturated rings. The summed E-state index contributed by atoms with van der Waals surface area (Å²) in [5.41, 5.74) is 1.01. The fraction of sp³-hybridized carbons (Fsp3) is 0.889. The molecule has 4 heteroatoms. The number of hydrogen-bond acceptors (Lipinski definition) is 3. The van der Waals surface area contributed by atoms with Gasteiger partial charge in [0.1, 0.15) is 0 Å². The van der Waals surface area contributed by atoms with Crippen molar-refractivity contribution in [1.82, 2.24) is 0 Å². The third-order valence-electron chi connectivity index (χ3n) is 4.98. The smallest absolute Gasteiger partial charge is 0.303 e. The largest absolute Gasteiger partial charge is 0.481 e. The number of oxime groups is 1. The van der Waals surface area contributed by atoms with E-state index in [0.717, 1.165) is 44.2 Å². The summed E-state index contributed by atoms with van der Waals surface area (Å²) in [5.74, 6) is 0.463. The molecule has 1 aliphatic carbocycles. The lowest BCUT2D eigenvalue weighted by Crippen LogP contribution is -2.15. The van der Waals surface area contributed by atoms with Gasteiger partial charge in [-0.25, -0.2) is 0 Å². The Morgan fingerprint density at radius 2 is 1.77 bits per heavy atom. The molecule has 0 aromatic heterocycles. The Labute approximate surface area is 135 Å². The van der Waals surface area contributed by atoms with Crippen molar-refractivity contribution in [3.05, 3.63) is 0 Å². The number of carboxylic acids is 1. The molecule has 0 aromatic rings. The topological polar surface area (TPSA) is 69.9 Å². The van der Waals surface area contributed by atoms with Crippen LogP contribution < -0.4 is 0 Å². The molecule has 2 unspecified atom stereocenters. The summed E-state index contributed by atoms with van der Waals surface area (Å²) in [6, 6.07) is 0. The van der Waals surface area contributed by atoms with E-state index < -0.39 is 5.97 Å². The molecule has 4 nitrogen and oxygen atoms in total. The van der Waals surface area contributed by atoms with Gasteiger partial charge in [-0.15, -0.1) is 0 Å². The van der Waals surface area contributed by atoms with Crippen molar-refractivity contribution in [3.63, 3.8) is 0 Å². The van der Waals surface area contributed by atoms with Crippen LogP contribution in [0.3, 0.4) is 0 Å². The van der Waals surface area contributed by atoms with Gasteiger partial charge in [0.2, 0.25) is 0 Å². The average Bonchev–Trinajstić information content (AvgIpc) is 2.89. The van der Waals surface area contributed by atoms with Crippen LogP contribution in [-0.4, -0.2) is 22.0 Å². The minimum absolute atomic E-state index is 0.285. The van der Waals surface area contributed by atoms with E-state index in [4.69, 9.17) is 5.11 Å². The molecule has 2 N–H and O–H groups in total. The van der Waals surface area contributed by atoms with E-state index in [1.807, 2.05) is 0 Å². The van der Waals surface area contributed by atoms with Crippen molar-refractivity contribution in [2.24, 2.45) is 17.0 Å². The number of carbonyl (C=O) groups is 1. The lowest BCUT2D eigenvalue weighted by molar-refractivity contribution is -0.137. The lowest BCUT2D eigenvalue weighted by Gasteiger charge is -2.19. The number of hydrogen-bond donors (Lipinski definition) is 2. The molecule has 2 atom stereocenters. The molecule has 0 aliphatic heterocycles. The second-order valence-corrected chi connectivity index (χ2v) is 6.69. The highest BCUT2D eigenvalue weighted by Gasteiger charge is 2.32. The van der Waals surface area contributed by atoms with E-state index in [9.17, 15) is 10.0 Å². The van der Waals surface area contributed by atoms with Gasteiger partial charge in [-0.1, -0.05) is 57.0 Å². The highest BCUT2D eigenvalue weighted by molar-refractivity contribution is 5.88.